The Bertz CT molecular complexity index is 644. The standard InChI is InChI=1S/C15H20N4O2/c1-10(2)8-12-4-6-13(7-5-12)9-18-15(16)14(19(20)21)11(3)17-18/h4-7,10H,8-9,16H2,1-3H3. The fraction of sp³-hybridized carbons (Fsp3) is 0.400. The second-order valence-electron chi connectivity index (χ2n) is 5.65. The van der Waals surface area contributed by atoms with Crippen LogP contribution in [-0.2, 0) is 13.0 Å². The summed E-state index contributed by atoms with van der Waals surface area (Å²) in [7, 11) is 0. The van der Waals surface area contributed by atoms with E-state index in [0.717, 1.165) is 12.0 Å². The van der Waals surface area contributed by atoms with Crippen molar-refractivity contribution in [2.75, 3.05) is 5.73 Å². The van der Waals surface area contributed by atoms with Gasteiger partial charge in [-0.15, -0.1) is 0 Å². The minimum Gasteiger partial charge on any atom is -0.378 e. The first kappa shape index (κ1) is 15.0. The van der Waals surface area contributed by atoms with Crippen molar-refractivity contribution in [1.29, 1.82) is 0 Å². The van der Waals surface area contributed by atoms with Crippen molar-refractivity contribution in [3.8, 4) is 0 Å². The lowest BCUT2D eigenvalue weighted by Crippen LogP contribution is -2.07. The van der Waals surface area contributed by atoms with E-state index in [0.29, 0.717) is 18.2 Å². The summed E-state index contributed by atoms with van der Waals surface area (Å²) in [4.78, 5) is 10.4. The monoisotopic (exact) mass is 288 g/mol. The summed E-state index contributed by atoms with van der Waals surface area (Å²) in [6, 6.07) is 8.19. The van der Waals surface area contributed by atoms with Crippen molar-refractivity contribution in [2.45, 2.75) is 33.7 Å². The molecule has 0 bridgehead atoms. The molecule has 0 spiro atoms. The number of benzene rings is 1. The maximum atomic E-state index is 10.9. The van der Waals surface area contributed by atoms with Crippen LogP contribution in [0.1, 0.15) is 30.7 Å². The van der Waals surface area contributed by atoms with E-state index in [2.05, 4.69) is 31.1 Å². The number of nitro groups is 1. The molecule has 1 heterocycles. The highest BCUT2D eigenvalue weighted by Gasteiger charge is 2.22. The van der Waals surface area contributed by atoms with Gasteiger partial charge in [-0.2, -0.15) is 5.10 Å². The van der Waals surface area contributed by atoms with Crippen molar-refractivity contribution in [3.63, 3.8) is 0 Å². The van der Waals surface area contributed by atoms with Crippen molar-refractivity contribution in [1.82, 2.24) is 9.78 Å². The van der Waals surface area contributed by atoms with Gasteiger partial charge in [0.15, 0.2) is 0 Å². The van der Waals surface area contributed by atoms with Gasteiger partial charge in [0.05, 0.1) is 11.5 Å². The van der Waals surface area contributed by atoms with Gasteiger partial charge < -0.3 is 5.73 Å². The Labute approximate surface area is 123 Å². The molecule has 6 nitrogen and oxygen atoms in total. The molecule has 2 rings (SSSR count). The number of rotatable bonds is 5. The van der Waals surface area contributed by atoms with Crippen LogP contribution in [0.25, 0.3) is 0 Å². The number of nitrogen functional groups attached to an aromatic ring is 1. The third-order valence-electron chi connectivity index (χ3n) is 3.32. The highest BCUT2D eigenvalue weighted by Crippen LogP contribution is 2.25. The van der Waals surface area contributed by atoms with Crippen LogP contribution >= 0.6 is 0 Å². The Balaban J connectivity index is 2.19. The summed E-state index contributed by atoms with van der Waals surface area (Å²) >= 11 is 0. The number of nitrogens with zero attached hydrogens (tertiary/aromatic N) is 3. The lowest BCUT2D eigenvalue weighted by atomic mass is 10.0. The SMILES string of the molecule is Cc1nn(Cc2ccc(CC(C)C)cc2)c(N)c1[N+](=O)[O-]. The van der Waals surface area contributed by atoms with Crippen molar-refractivity contribution in [2.24, 2.45) is 5.92 Å². The minimum absolute atomic E-state index is 0.101. The van der Waals surface area contributed by atoms with E-state index in [4.69, 9.17) is 5.73 Å². The minimum atomic E-state index is -0.486. The fourth-order valence-corrected chi connectivity index (χ4v) is 2.36. The Kier molecular flexibility index (Phi) is 4.26. The van der Waals surface area contributed by atoms with Crippen LogP contribution in [0.5, 0.6) is 0 Å². The molecular weight excluding hydrogens is 268 g/mol. The fourth-order valence-electron chi connectivity index (χ4n) is 2.36. The molecule has 6 heteroatoms. The van der Waals surface area contributed by atoms with Crippen LogP contribution in [0.2, 0.25) is 0 Å². The van der Waals surface area contributed by atoms with Gasteiger partial charge in [-0.25, -0.2) is 4.68 Å². The molecule has 0 saturated heterocycles. The lowest BCUT2D eigenvalue weighted by Gasteiger charge is -2.07. The molecular formula is C15H20N4O2. The predicted molar refractivity (Wildman–Crippen MR) is 82.1 cm³/mol. The van der Waals surface area contributed by atoms with Gasteiger partial charge in [-0.3, -0.25) is 10.1 Å². The van der Waals surface area contributed by atoms with Gasteiger partial charge in [0, 0.05) is 0 Å². The summed E-state index contributed by atoms with van der Waals surface area (Å²) < 4.78 is 1.48. The summed E-state index contributed by atoms with van der Waals surface area (Å²) in [5.74, 6) is 0.715. The molecule has 1 aromatic carbocycles. The van der Waals surface area contributed by atoms with Crippen molar-refractivity contribution < 1.29 is 4.92 Å². The molecule has 0 radical (unpaired) electrons. The Hall–Kier alpha value is -2.37. The number of nitrogens with two attached hydrogens (primary N) is 1. The van der Waals surface area contributed by atoms with E-state index < -0.39 is 4.92 Å². The van der Waals surface area contributed by atoms with Crippen LogP contribution in [0.15, 0.2) is 24.3 Å². The average molecular weight is 288 g/mol. The second-order valence-corrected chi connectivity index (χ2v) is 5.65. The molecule has 0 atom stereocenters. The van der Waals surface area contributed by atoms with Crippen LogP contribution in [0.3, 0.4) is 0 Å². The van der Waals surface area contributed by atoms with Crippen LogP contribution in [-0.4, -0.2) is 14.7 Å². The molecule has 0 amide bonds. The van der Waals surface area contributed by atoms with Gasteiger partial charge in [0.2, 0.25) is 5.82 Å². The van der Waals surface area contributed by atoms with Crippen molar-refractivity contribution >= 4 is 11.5 Å². The zero-order chi connectivity index (χ0) is 15.6. The average Bonchev–Trinajstić information content (AvgIpc) is 2.66. The number of hydrogen-bond acceptors (Lipinski definition) is 4. The summed E-state index contributed by atoms with van der Waals surface area (Å²) in [5.41, 5.74) is 8.35. The molecule has 0 aliphatic rings. The molecule has 0 saturated carbocycles. The first-order valence-corrected chi connectivity index (χ1v) is 6.93. The molecule has 0 aliphatic carbocycles. The molecule has 21 heavy (non-hydrogen) atoms. The first-order valence-electron chi connectivity index (χ1n) is 6.93. The third kappa shape index (κ3) is 3.39. The van der Waals surface area contributed by atoms with Gasteiger partial charge in [-0.05, 0) is 30.4 Å². The molecule has 112 valence electrons. The largest absolute Gasteiger partial charge is 0.378 e. The van der Waals surface area contributed by atoms with E-state index >= 15 is 0 Å². The van der Waals surface area contributed by atoms with Crippen LogP contribution in [0.4, 0.5) is 11.5 Å². The summed E-state index contributed by atoms with van der Waals surface area (Å²) in [5, 5.41) is 15.1. The number of hydrogen-bond donors (Lipinski definition) is 1. The molecule has 2 N–H and O–H groups in total. The number of aryl methyl sites for hydroxylation is 1. The Morgan fingerprint density at radius 2 is 1.86 bits per heavy atom. The topological polar surface area (TPSA) is 87.0 Å². The summed E-state index contributed by atoms with van der Waals surface area (Å²) in [6.07, 6.45) is 1.04. The Morgan fingerprint density at radius 3 is 2.33 bits per heavy atom. The van der Waals surface area contributed by atoms with E-state index in [9.17, 15) is 10.1 Å². The highest BCUT2D eigenvalue weighted by molar-refractivity contribution is 5.56. The van der Waals surface area contributed by atoms with Crippen LogP contribution < -0.4 is 5.73 Å². The maximum Gasteiger partial charge on any atom is 0.333 e. The number of aromatic nitrogens is 2. The van der Waals surface area contributed by atoms with E-state index in [-0.39, 0.29) is 11.5 Å². The first-order chi connectivity index (χ1) is 9.88. The lowest BCUT2D eigenvalue weighted by molar-refractivity contribution is -0.384. The molecule has 0 fully saturated rings. The Morgan fingerprint density at radius 1 is 1.29 bits per heavy atom. The highest BCUT2D eigenvalue weighted by atomic mass is 16.6. The van der Waals surface area contributed by atoms with E-state index in [1.165, 1.54) is 10.2 Å². The van der Waals surface area contributed by atoms with E-state index in [1.54, 1.807) is 6.92 Å². The van der Waals surface area contributed by atoms with Gasteiger partial charge in [0.1, 0.15) is 5.69 Å². The summed E-state index contributed by atoms with van der Waals surface area (Å²) in [6.45, 7) is 6.39. The van der Waals surface area contributed by atoms with Crippen LogP contribution in [0, 0.1) is 23.0 Å². The normalized spacial score (nSPS) is 11.0. The third-order valence-corrected chi connectivity index (χ3v) is 3.32. The number of anilines is 1. The second kappa shape index (κ2) is 5.95. The van der Waals surface area contributed by atoms with Gasteiger partial charge in [0.25, 0.3) is 0 Å². The maximum absolute atomic E-state index is 10.9. The van der Waals surface area contributed by atoms with Gasteiger partial charge >= 0.3 is 5.69 Å². The molecule has 1 aromatic heterocycles. The molecule has 0 unspecified atom stereocenters. The quantitative estimate of drug-likeness (QED) is 0.677. The van der Waals surface area contributed by atoms with E-state index in [1.807, 2.05) is 12.1 Å². The smallest absolute Gasteiger partial charge is 0.333 e. The zero-order valence-corrected chi connectivity index (χ0v) is 12.5. The zero-order valence-electron chi connectivity index (χ0n) is 12.5. The predicted octanol–water partition coefficient (Wildman–Crippen LogP) is 2.93. The molecule has 2 aromatic rings. The van der Waals surface area contributed by atoms with Crippen molar-refractivity contribution in [3.05, 3.63) is 51.2 Å². The molecule has 0 aliphatic heterocycles. The van der Waals surface area contributed by atoms with Gasteiger partial charge in [-0.1, -0.05) is 38.1 Å².